The van der Waals surface area contributed by atoms with E-state index in [4.69, 9.17) is 10.8 Å². The zero-order chi connectivity index (χ0) is 11.5. The zero-order valence-electron chi connectivity index (χ0n) is 8.16. The summed E-state index contributed by atoms with van der Waals surface area (Å²) in [4.78, 5) is 0. The Morgan fingerprint density at radius 1 is 1.31 bits per heavy atom. The van der Waals surface area contributed by atoms with Gasteiger partial charge >= 0.3 is 6.18 Å². The largest absolute Gasteiger partial charge is 0.416 e. The van der Waals surface area contributed by atoms with Crippen LogP contribution in [0.15, 0.2) is 18.2 Å². The molecule has 7 heteroatoms. The van der Waals surface area contributed by atoms with Crippen LogP contribution in [0.1, 0.15) is 5.56 Å². The van der Waals surface area contributed by atoms with Crippen LogP contribution >= 0.6 is 0 Å². The molecule has 1 aromatic rings. The van der Waals surface area contributed by atoms with Gasteiger partial charge in [0.1, 0.15) is 0 Å². The third-order valence-corrected chi connectivity index (χ3v) is 1.81. The first-order valence-electron chi connectivity index (χ1n) is 4.26. The molecule has 0 aromatic heterocycles. The normalized spacial score (nSPS) is 10.8. The van der Waals surface area contributed by atoms with Crippen LogP contribution in [-0.4, -0.2) is 18.3 Å². The standard InChI is InChI=1S/C9H11F3N2O.Ar/c10-9(11,12)6-1-2-8(7(13)5-6)14-3-4-15;/h1-2,5,14-15H,3-4,13H2;. The number of nitrogens with one attached hydrogen (secondary N) is 1. The fourth-order valence-electron chi connectivity index (χ4n) is 1.09. The Bertz CT molecular complexity index is 344. The third kappa shape index (κ3) is 4.37. The second-order valence-electron chi connectivity index (χ2n) is 2.95. The smallest absolute Gasteiger partial charge is 0.397 e. The number of alkyl halides is 3. The Kier molecular flexibility index (Phi) is 6.47. The van der Waals surface area contributed by atoms with Crippen molar-refractivity contribution < 1.29 is 56.0 Å². The second kappa shape index (κ2) is 6.54. The van der Waals surface area contributed by atoms with Gasteiger partial charge < -0.3 is 16.2 Å². The van der Waals surface area contributed by atoms with Crippen molar-refractivity contribution in [1.82, 2.24) is 0 Å². The molecule has 16 heavy (non-hydrogen) atoms. The second-order valence-corrected chi connectivity index (χ2v) is 2.95. The van der Waals surface area contributed by atoms with E-state index in [0.29, 0.717) is 5.69 Å². The number of anilines is 2. The molecule has 1 aromatic carbocycles. The fourth-order valence-corrected chi connectivity index (χ4v) is 1.09. The van der Waals surface area contributed by atoms with E-state index in [1.54, 1.807) is 0 Å². The van der Waals surface area contributed by atoms with Crippen molar-refractivity contribution in [3.63, 3.8) is 0 Å². The van der Waals surface area contributed by atoms with Gasteiger partial charge in [-0.15, -0.1) is 0 Å². The molecule has 92 valence electrons. The minimum Gasteiger partial charge on any atom is -0.397 e. The number of halogens is 3. The van der Waals surface area contributed by atoms with Crippen molar-refractivity contribution in [3.8, 4) is 0 Å². The van der Waals surface area contributed by atoms with Crippen LogP contribution in [0.5, 0.6) is 0 Å². The van der Waals surface area contributed by atoms with E-state index < -0.39 is 11.7 Å². The Morgan fingerprint density at radius 2 is 1.94 bits per heavy atom. The van der Waals surface area contributed by atoms with Crippen LogP contribution in [0, 0.1) is 37.7 Å². The van der Waals surface area contributed by atoms with Gasteiger partial charge in [-0.05, 0) is 18.2 Å². The van der Waals surface area contributed by atoms with Crippen LogP contribution in [-0.2, 0) is 6.18 Å². The Labute approximate surface area is 121 Å². The van der Waals surface area contributed by atoms with Gasteiger partial charge in [0.05, 0.1) is 23.5 Å². The molecule has 0 unspecified atom stereocenters. The summed E-state index contributed by atoms with van der Waals surface area (Å²) in [6.07, 6.45) is -4.39. The van der Waals surface area contributed by atoms with Crippen LogP contribution in [0.2, 0.25) is 0 Å². The summed E-state index contributed by atoms with van der Waals surface area (Å²) in [5, 5.41) is 11.2. The summed E-state index contributed by atoms with van der Waals surface area (Å²) in [6.45, 7) is 0.135. The van der Waals surface area contributed by atoms with E-state index in [9.17, 15) is 13.2 Å². The van der Waals surface area contributed by atoms with Gasteiger partial charge in [0.15, 0.2) is 0 Å². The van der Waals surface area contributed by atoms with Gasteiger partial charge in [-0.1, -0.05) is 0 Å². The molecule has 0 fully saturated rings. The predicted molar refractivity (Wildman–Crippen MR) is 51.4 cm³/mol. The van der Waals surface area contributed by atoms with E-state index in [0.717, 1.165) is 12.1 Å². The molecule has 0 amide bonds. The van der Waals surface area contributed by atoms with E-state index in [1.807, 2.05) is 0 Å². The van der Waals surface area contributed by atoms with E-state index in [-0.39, 0.29) is 56.6 Å². The van der Waals surface area contributed by atoms with E-state index in [1.165, 1.54) is 6.07 Å². The topological polar surface area (TPSA) is 58.3 Å². The number of aliphatic hydroxyl groups is 1. The number of nitrogen functional groups attached to an aromatic ring is 1. The van der Waals surface area contributed by atoms with Gasteiger partial charge in [0.2, 0.25) is 0 Å². The molecule has 0 heterocycles. The first-order chi connectivity index (χ1) is 6.95. The number of nitrogens with two attached hydrogens (primary N) is 1. The van der Waals surface area contributed by atoms with Gasteiger partial charge in [0.25, 0.3) is 0 Å². The van der Waals surface area contributed by atoms with Crippen molar-refractivity contribution in [2.24, 2.45) is 0 Å². The van der Waals surface area contributed by atoms with Gasteiger partial charge in [-0.25, -0.2) is 0 Å². The number of hydrogen-bond donors (Lipinski definition) is 3. The molecule has 0 saturated carbocycles. The monoisotopic (exact) mass is 260 g/mol. The maximum Gasteiger partial charge on any atom is 0.416 e. The minimum absolute atomic E-state index is 0. The van der Waals surface area contributed by atoms with Crippen molar-refractivity contribution in [2.75, 3.05) is 24.2 Å². The quantitative estimate of drug-likeness (QED) is 0.725. The van der Waals surface area contributed by atoms with Crippen LogP contribution in [0.4, 0.5) is 24.5 Å². The molecule has 1 rings (SSSR count). The Morgan fingerprint density at radius 3 is 2.38 bits per heavy atom. The van der Waals surface area contributed by atoms with Gasteiger partial charge in [-0.3, -0.25) is 0 Å². The first-order valence-corrected chi connectivity index (χ1v) is 4.26. The number of aliphatic hydroxyl groups excluding tert-OH is 1. The summed E-state index contributed by atoms with van der Waals surface area (Å²) < 4.78 is 36.7. The molecule has 0 atom stereocenters. The molecule has 3 nitrogen and oxygen atoms in total. The molecular formula is C9H11ArF3N2O. The average molecular weight is 260 g/mol. The summed E-state index contributed by atoms with van der Waals surface area (Å²) >= 11 is 0. The molecule has 0 radical (unpaired) electrons. The first kappa shape index (κ1) is 15.8. The van der Waals surface area contributed by atoms with Crippen molar-refractivity contribution in [2.45, 2.75) is 6.18 Å². The van der Waals surface area contributed by atoms with E-state index >= 15 is 0 Å². The summed E-state index contributed by atoms with van der Waals surface area (Å²) in [6, 6.07) is 3.05. The summed E-state index contributed by atoms with van der Waals surface area (Å²) in [5.74, 6) is 0. The molecule has 0 bridgehead atoms. The molecule has 0 aliphatic rings. The van der Waals surface area contributed by atoms with Crippen LogP contribution < -0.4 is 11.1 Å². The van der Waals surface area contributed by atoms with Gasteiger partial charge in [0, 0.05) is 44.3 Å². The molecule has 0 aliphatic heterocycles. The van der Waals surface area contributed by atoms with Crippen LogP contribution in [0.25, 0.3) is 0 Å². The van der Waals surface area contributed by atoms with Crippen molar-refractivity contribution in [3.05, 3.63) is 23.8 Å². The summed E-state index contributed by atoms with van der Waals surface area (Å²) in [5.41, 5.74) is 5.03. The zero-order valence-corrected chi connectivity index (χ0v) is 8.87. The van der Waals surface area contributed by atoms with Crippen LogP contribution in [0.3, 0.4) is 0 Å². The van der Waals surface area contributed by atoms with E-state index in [2.05, 4.69) is 5.32 Å². The average Bonchev–Trinajstić information content (AvgIpc) is 2.14. The number of benzene rings is 1. The van der Waals surface area contributed by atoms with Crippen molar-refractivity contribution in [1.29, 1.82) is 0 Å². The number of hydrogen-bond acceptors (Lipinski definition) is 3. The summed E-state index contributed by atoms with van der Waals surface area (Å²) in [7, 11) is 0. The maximum atomic E-state index is 12.2. The fraction of sp³-hybridized carbons (Fsp3) is 0.333. The minimum atomic E-state index is -4.39. The Hall–Kier alpha value is -0.170. The predicted octanol–water partition coefficient (Wildman–Crippen LogP) is 1.69. The molecular weight excluding hydrogens is 249 g/mol. The Balaban J connectivity index is 0.00000225. The molecule has 0 saturated heterocycles. The molecule has 0 aliphatic carbocycles. The maximum absolute atomic E-state index is 12.2. The van der Waals surface area contributed by atoms with Crippen molar-refractivity contribution >= 4 is 11.4 Å². The van der Waals surface area contributed by atoms with Gasteiger partial charge in [-0.2, -0.15) is 13.2 Å². The SMILES string of the molecule is Nc1cc(C(F)(F)F)ccc1NCCO.[Ar]. The third-order valence-electron chi connectivity index (χ3n) is 1.81. The molecule has 4 N–H and O–H groups in total. The number of rotatable bonds is 3. The molecule has 0 spiro atoms.